The largest absolute Gasteiger partial charge is 0.668 e. The number of ether oxygens (including phenoxy) is 2. The van der Waals surface area contributed by atoms with Gasteiger partial charge in [0.05, 0.1) is 0 Å². The van der Waals surface area contributed by atoms with E-state index in [9.17, 15) is 0 Å². The minimum absolute atomic E-state index is 0. The van der Waals surface area contributed by atoms with E-state index in [1.54, 1.807) is 0 Å². The van der Waals surface area contributed by atoms with Crippen LogP contribution in [0, 0.1) is 0 Å². The van der Waals surface area contributed by atoms with Gasteiger partial charge in [0.2, 0.25) is 0 Å². The van der Waals surface area contributed by atoms with Gasteiger partial charge < -0.3 is 28.1 Å². The van der Waals surface area contributed by atoms with E-state index in [2.05, 4.69) is 157 Å². The summed E-state index contributed by atoms with van der Waals surface area (Å²) >= 11 is 0. The molecule has 3 heterocycles. The molecule has 2 aliphatic heterocycles. The summed E-state index contributed by atoms with van der Waals surface area (Å²) in [5.41, 5.74) is 0. The van der Waals surface area contributed by atoms with Crippen molar-refractivity contribution in [2.75, 3.05) is 26.4 Å². The second-order valence-corrected chi connectivity index (χ2v) is 64.3. The van der Waals surface area contributed by atoms with Crippen molar-refractivity contribution in [2.45, 2.75) is 183 Å². The fourth-order valence-electron chi connectivity index (χ4n) is 5.05. The topological polar surface area (TPSA) is 74.9 Å². The maximum absolute atomic E-state index is 4.94. The van der Waals surface area contributed by atoms with Crippen LogP contribution in [0.5, 0.6) is 0 Å². The molecule has 19 heteroatoms. The van der Waals surface area contributed by atoms with E-state index in [0.717, 1.165) is 26.4 Å². The molecule has 51 heavy (non-hydrogen) atoms. The summed E-state index contributed by atoms with van der Waals surface area (Å²) in [6, 6.07) is 0. The number of rotatable bonds is 8. The molecule has 1 aromatic heterocycles. The molecule has 3 rings (SSSR count). The van der Waals surface area contributed by atoms with E-state index in [1.165, 1.54) is 25.7 Å². The molecule has 0 bridgehead atoms. The molecule has 6 nitrogen and oxygen atoms in total. The van der Waals surface area contributed by atoms with Gasteiger partial charge in [0.1, 0.15) is 0 Å². The quantitative estimate of drug-likeness (QED) is 0.192. The van der Waals surface area contributed by atoms with Crippen molar-refractivity contribution in [1.29, 1.82) is 0 Å². The molecule has 0 saturated carbocycles. The van der Waals surface area contributed by atoms with E-state index >= 15 is 0 Å². The van der Waals surface area contributed by atoms with Crippen molar-refractivity contribution in [3.8, 4) is 0 Å². The van der Waals surface area contributed by atoms with Gasteiger partial charge in [-0.2, -0.15) is 0 Å². The van der Waals surface area contributed by atoms with Crippen LogP contribution in [-0.4, -0.2) is 92.3 Å². The summed E-state index contributed by atoms with van der Waals surface area (Å²) in [6.07, 6.45) is 5.11. The molecule has 2 saturated heterocycles. The molecule has 0 spiro atoms. The van der Waals surface area contributed by atoms with Gasteiger partial charge in [-0.3, -0.25) is 0 Å². The molecular weight excluding hydrogens is 971 g/mol. The molecule has 0 atom stereocenters. The first-order valence-electron chi connectivity index (χ1n) is 18.4. The fraction of sp³-hybridized carbons (Fsp3) is 1.00. The molecule has 0 aliphatic carbocycles. The summed E-state index contributed by atoms with van der Waals surface area (Å²) in [5, 5.41) is 0. The van der Waals surface area contributed by atoms with Crippen LogP contribution < -0.4 is 0 Å². The monoisotopic (exact) mass is 1060 g/mol. The first-order valence-corrected chi connectivity index (χ1v) is 50.0. The van der Waals surface area contributed by atoms with Crippen LogP contribution in [0.15, 0.2) is 0 Å². The zero-order valence-corrected chi connectivity index (χ0v) is 54.8. The van der Waals surface area contributed by atoms with Crippen LogP contribution in [-0.2, 0) is 74.9 Å². The normalized spacial score (nSPS) is 15.1. The summed E-state index contributed by atoms with van der Waals surface area (Å²) in [6.45, 7) is 59.1. The predicted octanol–water partition coefficient (Wildman–Crippen LogP) is 15.6. The van der Waals surface area contributed by atoms with E-state index in [-0.39, 0.29) is 65.4 Å². The molecule has 2 fully saturated rings. The minimum atomic E-state index is -1.11. The van der Waals surface area contributed by atoms with Gasteiger partial charge in [-0.1, -0.05) is 223 Å². The summed E-state index contributed by atoms with van der Waals surface area (Å²) in [4.78, 5) is 0. The molecule has 2 radical (unpaired) electrons. The van der Waals surface area contributed by atoms with Gasteiger partial charge in [-0.15, -0.1) is 0 Å². The Bertz CT molecular complexity index is 665. The predicted molar refractivity (Wildman–Crippen MR) is 260 cm³/mol. The first kappa shape index (κ1) is 67.1. The second kappa shape index (κ2) is 32.2. The van der Waals surface area contributed by atoms with E-state index < -0.39 is 65.9 Å². The number of hydrogen-bond donors (Lipinski definition) is 0. The van der Waals surface area contributed by atoms with Crippen molar-refractivity contribution in [1.82, 2.24) is 0 Å². The van der Waals surface area contributed by atoms with Crippen molar-refractivity contribution in [2.24, 2.45) is 0 Å². The average Bonchev–Trinajstić information content (AvgIpc) is 3.25. The Hall–Kier alpha value is 4.36. The van der Waals surface area contributed by atoms with Crippen molar-refractivity contribution in [3.63, 3.8) is 0 Å². The zero-order valence-electron chi connectivity index (χ0n) is 38.6. The van der Waals surface area contributed by atoms with Crippen LogP contribution in [0.3, 0.4) is 0 Å². The number of nitrogens with zero attached hydrogens (tertiary/aromatic N) is 4. The number of hydrogen-bond acceptors (Lipinski definition) is 5. The molecule has 0 unspecified atom stereocenters. The first-order chi connectivity index (χ1) is 21.3. The third kappa shape index (κ3) is 96.2. The summed E-state index contributed by atoms with van der Waals surface area (Å²) < 4.78 is 29.2. The third-order valence-corrected chi connectivity index (χ3v) is 27.6. The Labute approximate surface area is 391 Å². The molecule has 0 N–H and O–H groups in total. The van der Waals surface area contributed by atoms with Gasteiger partial charge in [0.15, 0.2) is 0 Å². The summed E-state index contributed by atoms with van der Waals surface area (Å²) in [5.74, 6) is 0. The fourth-order valence-corrected chi connectivity index (χ4v) is 37.2. The third-order valence-electron chi connectivity index (χ3n) is 4.41. The maximum Gasteiger partial charge on any atom is 0.0466 e. The SMILES string of the molecule is C1CCOC1.C1CCOC1.C[Si](C)(C)[N-][Si](C)(C)C.C[Si](C)(C)[N-][Si](C)(C)C.C[Si](C)(C)[N-][Si](C)(C)C.C[Si](C)(C)[N-][Si](C)(C)C.[Y].[Y].s1ss1. The second-order valence-electron chi connectivity index (χ2n) is 20.7. The molecule has 0 aromatic carbocycles. The van der Waals surface area contributed by atoms with Gasteiger partial charge in [0.25, 0.3) is 0 Å². The van der Waals surface area contributed by atoms with Crippen molar-refractivity contribution < 1.29 is 74.9 Å². The molecular formula is C32H88N4O2S3Si8Y2-4. The Morgan fingerprint density at radius 1 is 0.275 bits per heavy atom. The Morgan fingerprint density at radius 2 is 0.392 bits per heavy atom. The van der Waals surface area contributed by atoms with Gasteiger partial charge >= 0.3 is 0 Å². The van der Waals surface area contributed by atoms with Crippen molar-refractivity contribution >= 4 is 93.9 Å². The zero-order chi connectivity index (χ0) is 40.0. The minimum Gasteiger partial charge on any atom is -0.668 e. The smallest absolute Gasteiger partial charge is 0.0466 e. The maximum atomic E-state index is 4.94. The molecule has 2 aliphatic rings. The van der Waals surface area contributed by atoms with E-state index in [0.29, 0.717) is 0 Å². The van der Waals surface area contributed by atoms with E-state index in [4.69, 9.17) is 28.1 Å². The Balaban J connectivity index is -0.000000117. The van der Waals surface area contributed by atoms with Crippen LogP contribution in [0.1, 0.15) is 25.7 Å². The van der Waals surface area contributed by atoms with Crippen LogP contribution >= 0.6 is 28.0 Å². The Morgan fingerprint density at radius 3 is 0.412 bits per heavy atom. The standard InChI is InChI=1S/4C6H18NSi2.2C4H8O.S3.2Y/c4*1-8(2,3)7-9(4,5)6;2*1-2-4-5-3-1;1-2-3-1;;/h4*1-6H3;2*1-4H2;;;/q4*-1;;;;;. The Kier molecular flexibility index (Phi) is 42.4. The molecule has 1 aromatic rings. The van der Waals surface area contributed by atoms with Crippen LogP contribution in [0.2, 0.25) is 157 Å². The van der Waals surface area contributed by atoms with Crippen LogP contribution in [0.25, 0.3) is 18.6 Å². The van der Waals surface area contributed by atoms with Crippen molar-refractivity contribution in [3.05, 3.63) is 18.6 Å². The average molecular weight is 1060 g/mol. The molecule has 0 amide bonds. The van der Waals surface area contributed by atoms with Gasteiger partial charge in [-0.25, -0.2) is 0 Å². The van der Waals surface area contributed by atoms with Crippen LogP contribution in [0.4, 0.5) is 0 Å². The molecule has 308 valence electrons. The summed E-state index contributed by atoms with van der Waals surface area (Å²) in [7, 11) is -3.35. The van der Waals surface area contributed by atoms with Gasteiger partial charge in [0, 0.05) is 120 Å². The van der Waals surface area contributed by atoms with Gasteiger partial charge in [-0.05, 0) is 25.7 Å². The van der Waals surface area contributed by atoms with E-state index in [1.807, 2.05) is 28.0 Å².